The molecule has 0 aliphatic rings. The highest BCUT2D eigenvalue weighted by atomic mass is 32.2. The zero-order chi connectivity index (χ0) is 13.4. The monoisotopic (exact) mass is 271 g/mol. The molecule has 1 atom stereocenters. The van der Waals surface area contributed by atoms with Crippen LogP contribution in [0.4, 0.5) is 0 Å². The quantitative estimate of drug-likeness (QED) is 0.719. The molecule has 2 aromatic heterocycles. The van der Waals surface area contributed by atoms with E-state index < -0.39 is 10.8 Å². The number of hydrogen-bond acceptors (Lipinski definition) is 3. The first kappa shape index (κ1) is 12.0. The third-order valence-electron chi connectivity index (χ3n) is 3.01. The van der Waals surface area contributed by atoms with Crippen molar-refractivity contribution in [2.75, 3.05) is 0 Å². The smallest absolute Gasteiger partial charge is 0.106 e. The van der Waals surface area contributed by atoms with E-state index in [4.69, 9.17) is 0 Å². The summed E-state index contributed by atoms with van der Waals surface area (Å²) in [6, 6.07) is 11.4. The summed E-state index contributed by atoms with van der Waals surface area (Å²) in [6.45, 7) is 3.89. The van der Waals surface area contributed by atoms with Crippen molar-refractivity contribution in [3.05, 3.63) is 53.9 Å². The number of aromatic nitrogens is 3. The van der Waals surface area contributed by atoms with Gasteiger partial charge in [-0.15, -0.1) is 5.10 Å². The lowest BCUT2D eigenvalue weighted by molar-refractivity contribution is 0.683. The third-order valence-corrected chi connectivity index (χ3v) is 4.44. The number of aryl methyl sites for hydroxylation is 2. The van der Waals surface area contributed by atoms with Crippen molar-refractivity contribution in [3.8, 4) is 0 Å². The fraction of sp³-hybridized carbons (Fsp3) is 0.143. The van der Waals surface area contributed by atoms with Gasteiger partial charge in [-0.25, -0.2) is 8.72 Å². The molecular formula is C14H13N3OS. The first-order valence-electron chi connectivity index (χ1n) is 5.96. The molecule has 0 spiro atoms. The summed E-state index contributed by atoms with van der Waals surface area (Å²) in [7, 11) is -1.22. The van der Waals surface area contributed by atoms with Crippen LogP contribution < -0.4 is 0 Å². The minimum absolute atomic E-state index is 0.744. The highest BCUT2D eigenvalue weighted by Crippen LogP contribution is 2.22. The second kappa shape index (κ2) is 4.59. The Morgan fingerprint density at radius 1 is 1.11 bits per heavy atom. The number of hydrogen-bond donors (Lipinski definition) is 0. The summed E-state index contributed by atoms with van der Waals surface area (Å²) >= 11 is 0. The fourth-order valence-electron chi connectivity index (χ4n) is 2.00. The summed E-state index contributed by atoms with van der Waals surface area (Å²) < 4.78 is 14.3. The van der Waals surface area contributed by atoms with Crippen molar-refractivity contribution in [1.82, 2.24) is 14.8 Å². The number of nitrogens with zero attached hydrogens (tertiary/aromatic N) is 3. The molecule has 0 saturated heterocycles. The molecule has 19 heavy (non-hydrogen) atoms. The molecule has 4 nitrogen and oxygen atoms in total. The van der Waals surface area contributed by atoms with E-state index in [1.54, 1.807) is 4.52 Å². The predicted molar refractivity (Wildman–Crippen MR) is 73.6 cm³/mol. The Hall–Kier alpha value is -2.01. The lowest BCUT2D eigenvalue weighted by atomic mass is 10.2. The van der Waals surface area contributed by atoms with Crippen molar-refractivity contribution in [1.29, 1.82) is 0 Å². The molecule has 3 rings (SSSR count). The molecule has 0 aliphatic heterocycles. The van der Waals surface area contributed by atoms with E-state index in [0.29, 0.717) is 0 Å². The van der Waals surface area contributed by atoms with E-state index >= 15 is 0 Å². The predicted octanol–water partition coefficient (Wildman–Crippen LogP) is 2.51. The normalized spacial score (nSPS) is 12.7. The number of rotatable bonds is 2. The van der Waals surface area contributed by atoms with Gasteiger partial charge in [0.25, 0.3) is 0 Å². The molecule has 0 radical (unpaired) electrons. The Kier molecular flexibility index (Phi) is 2.91. The van der Waals surface area contributed by atoms with Gasteiger partial charge < -0.3 is 0 Å². The molecule has 0 N–H and O–H groups in total. The van der Waals surface area contributed by atoms with Crippen LogP contribution in [0.25, 0.3) is 5.52 Å². The van der Waals surface area contributed by atoms with Crippen molar-refractivity contribution in [2.24, 2.45) is 0 Å². The van der Waals surface area contributed by atoms with Crippen LogP contribution >= 0.6 is 0 Å². The highest BCUT2D eigenvalue weighted by molar-refractivity contribution is 7.85. The fourth-order valence-corrected chi connectivity index (χ4v) is 3.25. The van der Waals surface area contributed by atoms with Gasteiger partial charge in [-0.1, -0.05) is 22.9 Å². The Morgan fingerprint density at radius 2 is 1.84 bits per heavy atom. The SMILES string of the molecule is Cc1ccc(S(=O)c2cccn3nnc(C)c23)cc1. The Balaban J connectivity index is 2.16. The van der Waals surface area contributed by atoms with Gasteiger partial charge in [0.05, 0.1) is 21.4 Å². The van der Waals surface area contributed by atoms with Crippen LogP contribution in [-0.4, -0.2) is 19.0 Å². The number of fused-ring (bicyclic) bond motifs is 1. The first-order chi connectivity index (χ1) is 9.16. The zero-order valence-corrected chi connectivity index (χ0v) is 11.5. The van der Waals surface area contributed by atoms with E-state index in [-0.39, 0.29) is 0 Å². The van der Waals surface area contributed by atoms with Crippen LogP contribution in [0.1, 0.15) is 11.3 Å². The van der Waals surface area contributed by atoms with Crippen LogP contribution in [0.2, 0.25) is 0 Å². The minimum atomic E-state index is -1.22. The van der Waals surface area contributed by atoms with Crippen LogP contribution in [0.3, 0.4) is 0 Å². The van der Waals surface area contributed by atoms with Gasteiger partial charge in [-0.3, -0.25) is 0 Å². The Bertz CT molecular complexity index is 762. The van der Waals surface area contributed by atoms with Gasteiger partial charge in [0.15, 0.2) is 0 Å². The number of benzene rings is 1. The van der Waals surface area contributed by atoms with Crippen molar-refractivity contribution in [3.63, 3.8) is 0 Å². The second-order valence-corrected chi connectivity index (χ2v) is 5.87. The van der Waals surface area contributed by atoms with Crippen molar-refractivity contribution in [2.45, 2.75) is 23.6 Å². The zero-order valence-electron chi connectivity index (χ0n) is 10.7. The van der Waals surface area contributed by atoms with Gasteiger partial charge >= 0.3 is 0 Å². The van der Waals surface area contributed by atoms with Crippen LogP contribution in [0.15, 0.2) is 52.4 Å². The maximum atomic E-state index is 12.7. The average molecular weight is 271 g/mol. The molecule has 0 amide bonds. The standard InChI is InChI=1S/C14H13N3OS/c1-10-5-7-12(8-6-10)19(18)13-4-3-9-17-14(13)11(2)15-16-17/h3-9H,1-2H3. The van der Waals surface area contributed by atoms with Gasteiger partial charge in [0, 0.05) is 11.1 Å². The van der Waals surface area contributed by atoms with Gasteiger partial charge in [0.2, 0.25) is 0 Å². The minimum Gasteiger partial charge on any atom is -0.249 e. The molecule has 3 aromatic rings. The maximum absolute atomic E-state index is 12.7. The van der Waals surface area contributed by atoms with E-state index in [2.05, 4.69) is 10.3 Å². The van der Waals surface area contributed by atoms with Crippen LogP contribution in [0, 0.1) is 13.8 Å². The molecule has 1 aromatic carbocycles. The molecule has 0 fully saturated rings. The first-order valence-corrected chi connectivity index (χ1v) is 7.11. The summed E-state index contributed by atoms with van der Waals surface area (Å²) in [5, 5.41) is 8.03. The molecular weight excluding hydrogens is 258 g/mol. The van der Waals surface area contributed by atoms with E-state index in [1.165, 1.54) is 0 Å². The molecule has 0 saturated carbocycles. The molecule has 1 unspecified atom stereocenters. The molecule has 0 bridgehead atoms. The lowest BCUT2D eigenvalue weighted by Crippen LogP contribution is -1.97. The summed E-state index contributed by atoms with van der Waals surface area (Å²) in [5.41, 5.74) is 2.76. The summed E-state index contributed by atoms with van der Waals surface area (Å²) in [4.78, 5) is 1.54. The van der Waals surface area contributed by atoms with Crippen molar-refractivity contribution < 1.29 is 4.21 Å². The molecule has 0 aliphatic carbocycles. The largest absolute Gasteiger partial charge is 0.249 e. The van der Waals surface area contributed by atoms with Gasteiger partial charge in [-0.2, -0.15) is 0 Å². The Morgan fingerprint density at radius 3 is 2.58 bits per heavy atom. The maximum Gasteiger partial charge on any atom is 0.106 e. The average Bonchev–Trinajstić information content (AvgIpc) is 2.81. The van der Waals surface area contributed by atoms with Crippen LogP contribution in [-0.2, 0) is 10.8 Å². The lowest BCUT2D eigenvalue weighted by Gasteiger charge is -2.05. The van der Waals surface area contributed by atoms with E-state index in [0.717, 1.165) is 26.6 Å². The summed E-state index contributed by atoms with van der Waals surface area (Å²) in [6.07, 6.45) is 1.81. The van der Waals surface area contributed by atoms with Crippen LogP contribution in [0.5, 0.6) is 0 Å². The van der Waals surface area contributed by atoms with Gasteiger partial charge in [0.1, 0.15) is 5.52 Å². The molecule has 5 heteroatoms. The molecule has 2 heterocycles. The van der Waals surface area contributed by atoms with Crippen molar-refractivity contribution >= 4 is 16.3 Å². The van der Waals surface area contributed by atoms with E-state index in [1.807, 2.05) is 56.4 Å². The highest BCUT2D eigenvalue weighted by Gasteiger charge is 2.14. The number of pyridine rings is 1. The Labute approximate surface area is 113 Å². The third kappa shape index (κ3) is 2.06. The second-order valence-electron chi connectivity index (χ2n) is 4.42. The molecule has 96 valence electrons. The summed E-state index contributed by atoms with van der Waals surface area (Å²) in [5.74, 6) is 0. The van der Waals surface area contributed by atoms with E-state index in [9.17, 15) is 4.21 Å². The van der Waals surface area contributed by atoms with Gasteiger partial charge in [-0.05, 0) is 38.1 Å². The topological polar surface area (TPSA) is 47.3 Å².